The van der Waals surface area contributed by atoms with Gasteiger partial charge in [0.15, 0.2) is 0 Å². The zero-order chi connectivity index (χ0) is 11.4. The minimum Gasteiger partial charge on any atom is -0.361 e. The molecule has 1 nitrogen and oxygen atoms in total. The minimum atomic E-state index is -0.109. The molecule has 0 aromatic heterocycles. The smallest absolute Gasteiger partial charge is 0.146 e. The van der Waals surface area contributed by atoms with Gasteiger partial charge in [0.2, 0.25) is 0 Å². The number of rotatable bonds is 3. The second kappa shape index (κ2) is 5.33. The van der Waals surface area contributed by atoms with Crippen molar-refractivity contribution in [3.8, 4) is 0 Å². The van der Waals surface area contributed by atoms with Gasteiger partial charge in [-0.3, -0.25) is 0 Å². The summed E-state index contributed by atoms with van der Waals surface area (Å²) in [5, 5.41) is 0. The van der Waals surface area contributed by atoms with Crippen LogP contribution in [-0.4, -0.2) is 6.04 Å². The number of halogens is 1. The van der Waals surface area contributed by atoms with Crippen LogP contribution in [0.4, 0.5) is 10.1 Å². The van der Waals surface area contributed by atoms with Gasteiger partial charge in [0.1, 0.15) is 5.82 Å². The van der Waals surface area contributed by atoms with E-state index < -0.39 is 0 Å². The van der Waals surface area contributed by atoms with E-state index >= 15 is 0 Å². The number of piperidine rings is 1. The van der Waals surface area contributed by atoms with Gasteiger partial charge < -0.3 is 4.90 Å². The third-order valence-electron chi connectivity index (χ3n) is 3.21. The summed E-state index contributed by atoms with van der Waals surface area (Å²) in [6.45, 7) is 4.34. The molecule has 1 aliphatic rings. The number of benzene rings is 1. The van der Waals surface area contributed by atoms with Crippen molar-refractivity contribution in [1.29, 1.82) is 0 Å². The molecule has 0 amide bonds. The molecule has 1 aromatic carbocycles. The van der Waals surface area contributed by atoms with E-state index in [1.807, 2.05) is 12.1 Å². The Hall–Kier alpha value is -1.05. The molecule has 2 heteroatoms. The molecule has 87 valence electrons. The summed E-state index contributed by atoms with van der Waals surface area (Å²) >= 11 is 0. The lowest BCUT2D eigenvalue weighted by atomic mass is 9.97. The van der Waals surface area contributed by atoms with Gasteiger partial charge in [-0.1, -0.05) is 25.5 Å². The summed E-state index contributed by atoms with van der Waals surface area (Å²) in [7, 11) is 0. The lowest BCUT2D eigenvalue weighted by molar-refractivity contribution is 0.461. The molecule has 0 saturated carbocycles. The molecule has 0 spiro atoms. The summed E-state index contributed by atoms with van der Waals surface area (Å²) in [6, 6.07) is 7.55. The van der Waals surface area contributed by atoms with E-state index in [-0.39, 0.29) is 5.82 Å². The van der Waals surface area contributed by atoms with E-state index in [0.29, 0.717) is 6.04 Å². The van der Waals surface area contributed by atoms with E-state index in [1.54, 1.807) is 12.1 Å². The molecule has 0 unspecified atom stereocenters. The maximum atomic E-state index is 13.7. The first kappa shape index (κ1) is 11.4. The van der Waals surface area contributed by atoms with Crippen molar-refractivity contribution in [3.63, 3.8) is 0 Å². The Kier molecular flexibility index (Phi) is 3.81. The van der Waals surface area contributed by atoms with Crippen LogP contribution in [0.15, 0.2) is 24.3 Å². The number of hydrogen-bond acceptors (Lipinski definition) is 1. The van der Waals surface area contributed by atoms with Crippen molar-refractivity contribution in [2.75, 3.05) is 4.90 Å². The fourth-order valence-electron chi connectivity index (χ4n) is 2.44. The number of para-hydroxylation sites is 1. The van der Waals surface area contributed by atoms with Crippen LogP contribution in [-0.2, 0) is 0 Å². The highest BCUT2D eigenvalue weighted by atomic mass is 19.1. The highest BCUT2D eigenvalue weighted by Gasteiger charge is 2.23. The highest BCUT2D eigenvalue weighted by molar-refractivity contribution is 5.50. The number of hydrogen-bond donors (Lipinski definition) is 0. The Bertz CT molecular complexity index is 335. The molecule has 1 heterocycles. The third kappa shape index (κ3) is 2.37. The number of anilines is 1. The van der Waals surface area contributed by atoms with E-state index in [4.69, 9.17) is 0 Å². The Morgan fingerprint density at radius 3 is 2.94 bits per heavy atom. The second-order valence-electron chi connectivity index (χ2n) is 4.41. The van der Waals surface area contributed by atoms with E-state index in [1.165, 1.54) is 12.8 Å². The first-order chi connectivity index (χ1) is 7.83. The minimum absolute atomic E-state index is 0.109. The van der Waals surface area contributed by atoms with E-state index in [2.05, 4.69) is 18.4 Å². The molecule has 0 N–H and O–H groups in total. The molecule has 1 saturated heterocycles. The molecular formula is C14H19FN. The molecule has 0 aliphatic carbocycles. The van der Waals surface area contributed by atoms with Gasteiger partial charge in [-0.05, 0) is 37.8 Å². The van der Waals surface area contributed by atoms with Crippen molar-refractivity contribution < 1.29 is 4.39 Å². The molecule has 1 aromatic rings. The molecule has 16 heavy (non-hydrogen) atoms. The first-order valence-corrected chi connectivity index (χ1v) is 6.19. The highest BCUT2D eigenvalue weighted by Crippen LogP contribution is 2.30. The fraction of sp³-hybridized carbons (Fsp3) is 0.500. The van der Waals surface area contributed by atoms with Crippen molar-refractivity contribution in [2.24, 2.45) is 0 Å². The molecule has 1 radical (unpaired) electrons. The van der Waals surface area contributed by atoms with Crippen LogP contribution in [0.3, 0.4) is 0 Å². The lowest BCUT2D eigenvalue weighted by Crippen LogP contribution is -2.36. The largest absolute Gasteiger partial charge is 0.361 e. The van der Waals surface area contributed by atoms with Crippen molar-refractivity contribution >= 4 is 5.69 Å². The van der Waals surface area contributed by atoms with Gasteiger partial charge in [-0.2, -0.15) is 0 Å². The van der Waals surface area contributed by atoms with Crippen molar-refractivity contribution in [3.05, 3.63) is 36.6 Å². The molecule has 1 fully saturated rings. The third-order valence-corrected chi connectivity index (χ3v) is 3.21. The summed E-state index contributed by atoms with van der Waals surface area (Å²) in [6.07, 6.45) is 5.77. The quantitative estimate of drug-likeness (QED) is 0.739. The monoisotopic (exact) mass is 220 g/mol. The molecule has 1 atom stereocenters. The zero-order valence-corrected chi connectivity index (χ0v) is 9.82. The van der Waals surface area contributed by atoms with Gasteiger partial charge in [-0.15, -0.1) is 0 Å². The van der Waals surface area contributed by atoms with E-state index in [9.17, 15) is 4.39 Å². The zero-order valence-electron chi connectivity index (χ0n) is 9.82. The average molecular weight is 220 g/mol. The molecular weight excluding hydrogens is 201 g/mol. The SMILES string of the molecule is CCC[C@@H]1CCC[CH]N1c1ccccc1F. The van der Waals surface area contributed by atoms with Crippen LogP contribution < -0.4 is 4.90 Å². The van der Waals surface area contributed by atoms with Crippen LogP contribution in [0.2, 0.25) is 0 Å². The standard InChI is InChI=1S/C14H19FN/c1-2-7-12-8-5-6-11-16(12)14-10-4-3-9-13(14)15/h3-4,9-12H,2,5-8H2,1H3/t12-/m1/s1. The summed E-state index contributed by atoms with van der Waals surface area (Å²) in [5.74, 6) is -0.109. The van der Waals surface area contributed by atoms with Crippen LogP contribution in [0.25, 0.3) is 0 Å². The predicted octanol–water partition coefficient (Wildman–Crippen LogP) is 4.15. The van der Waals surface area contributed by atoms with Crippen LogP contribution >= 0.6 is 0 Å². The fourth-order valence-corrected chi connectivity index (χ4v) is 2.44. The van der Waals surface area contributed by atoms with Gasteiger partial charge in [0.05, 0.1) is 5.69 Å². The predicted molar refractivity (Wildman–Crippen MR) is 65.7 cm³/mol. The Morgan fingerprint density at radius 2 is 2.19 bits per heavy atom. The summed E-state index contributed by atoms with van der Waals surface area (Å²) in [4.78, 5) is 2.14. The summed E-state index contributed by atoms with van der Waals surface area (Å²) < 4.78 is 13.7. The van der Waals surface area contributed by atoms with E-state index in [0.717, 1.165) is 24.9 Å². The van der Waals surface area contributed by atoms with Gasteiger partial charge >= 0.3 is 0 Å². The van der Waals surface area contributed by atoms with Gasteiger partial charge in [0, 0.05) is 12.6 Å². The Morgan fingerprint density at radius 1 is 1.38 bits per heavy atom. The average Bonchev–Trinajstić information content (AvgIpc) is 2.31. The summed E-state index contributed by atoms with van der Waals surface area (Å²) in [5.41, 5.74) is 0.737. The molecule has 2 rings (SSSR count). The first-order valence-electron chi connectivity index (χ1n) is 6.19. The van der Waals surface area contributed by atoms with Gasteiger partial charge in [0.25, 0.3) is 0 Å². The Balaban J connectivity index is 2.19. The maximum Gasteiger partial charge on any atom is 0.146 e. The number of nitrogens with zero attached hydrogens (tertiary/aromatic N) is 1. The second-order valence-corrected chi connectivity index (χ2v) is 4.41. The van der Waals surface area contributed by atoms with Crippen LogP contribution in [0.1, 0.15) is 39.0 Å². The van der Waals surface area contributed by atoms with Crippen molar-refractivity contribution in [2.45, 2.75) is 45.1 Å². The van der Waals surface area contributed by atoms with Crippen LogP contribution in [0.5, 0.6) is 0 Å². The van der Waals surface area contributed by atoms with Crippen molar-refractivity contribution in [1.82, 2.24) is 0 Å². The Labute approximate surface area is 97.3 Å². The molecule has 0 bridgehead atoms. The van der Waals surface area contributed by atoms with Gasteiger partial charge in [-0.25, -0.2) is 4.39 Å². The maximum absolute atomic E-state index is 13.7. The lowest BCUT2D eigenvalue weighted by Gasteiger charge is -2.37. The molecule has 1 aliphatic heterocycles. The normalized spacial score (nSPS) is 21.1. The topological polar surface area (TPSA) is 3.24 Å². The van der Waals surface area contributed by atoms with Crippen LogP contribution in [0, 0.1) is 12.4 Å².